The molecule has 0 bridgehead atoms. The van der Waals surface area contributed by atoms with E-state index in [0.29, 0.717) is 41.8 Å². The fraction of sp³-hybridized carbons (Fsp3) is 0.115. The zero-order chi connectivity index (χ0) is 21.5. The summed E-state index contributed by atoms with van der Waals surface area (Å²) in [5.74, 6) is 0.507. The number of nitrogens with zero attached hydrogens (tertiary/aromatic N) is 1. The molecule has 0 saturated heterocycles. The summed E-state index contributed by atoms with van der Waals surface area (Å²) in [6, 6.07) is 28.4. The van der Waals surface area contributed by atoms with Gasteiger partial charge in [0, 0.05) is 18.7 Å². The van der Waals surface area contributed by atoms with E-state index in [0.717, 1.165) is 11.1 Å². The minimum Gasteiger partial charge on any atom is -0.473 e. The van der Waals surface area contributed by atoms with E-state index in [1.165, 1.54) is 6.07 Å². The van der Waals surface area contributed by atoms with Crippen LogP contribution in [0.5, 0.6) is 11.8 Å². The lowest BCUT2D eigenvalue weighted by Crippen LogP contribution is -2.02. The fourth-order valence-electron chi connectivity index (χ4n) is 3.18. The SMILES string of the molecule is CNc1ccc(-c2ccc(OCc3ccccc3)nc2OCc2ccccc2)cc1F. The second-order valence-electron chi connectivity index (χ2n) is 7.00. The number of hydrogen-bond acceptors (Lipinski definition) is 4. The average Bonchev–Trinajstić information content (AvgIpc) is 2.83. The fourth-order valence-corrected chi connectivity index (χ4v) is 3.18. The van der Waals surface area contributed by atoms with Crippen LogP contribution in [0, 0.1) is 5.82 Å². The first kappa shape index (κ1) is 20.4. The molecule has 0 aliphatic rings. The Labute approximate surface area is 181 Å². The molecule has 0 aliphatic carbocycles. The summed E-state index contributed by atoms with van der Waals surface area (Å²) in [4.78, 5) is 4.57. The molecular weight excluding hydrogens is 391 g/mol. The van der Waals surface area contributed by atoms with Crippen LogP contribution in [0.1, 0.15) is 11.1 Å². The van der Waals surface area contributed by atoms with E-state index in [2.05, 4.69) is 10.3 Å². The third kappa shape index (κ3) is 5.20. The third-order valence-corrected chi connectivity index (χ3v) is 4.83. The molecule has 0 unspecified atom stereocenters. The van der Waals surface area contributed by atoms with Gasteiger partial charge in [-0.3, -0.25) is 0 Å². The minimum absolute atomic E-state index is 0.335. The van der Waals surface area contributed by atoms with Crippen LogP contribution in [0.15, 0.2) is 91.0 Å². The van der Waals surface area contributed by atoms with Crippen molar-refractivity contribution in [3.8, 4) is 22.9 Å². The van der Waals surface area contributed by atoms with Crippen molar-refractivity contribution in [1.29, 1.82) is 0 Å². The number of rotatable bonds is 8. The van der Waals surface area contributed by atoms with Gasteiger partial charge in [0.1, 0.15) is 19.0 Å². The highest BCUT2D eigenvalue weighted by Gasteiger charge is 2.13. The van der Waals surface area contributed by atoms with Gasteiger partial charge in [0.2, 0.25) is 11.8 Å². The Hall–Kier alpha value is -3.86. The summed E-state index contributed by atoms with van der Waals surface area (Å²) in [5.41, 5.74) is 3.88. The highest BCUT2D eigenvalue weighted by Crippen LogP contribution is 2.33. The number of ether oxygens (including phenoxy) is 2. The number of benzene rings is 3. The zero-order valence-electron chi connectivity index (χ0n) is 17.2. The van der Waals surface area contributed by atoms with Crippen molar-refractivity contribution in [3.05, 3.63) is 108 Å². The van der Waals surface area contributed by atoms with Gasteiger partial charge in [-0.25, -0.2) is 4.39 Å². The van der Waals surface area contributed by atoms with E-state index in [-0.39, 0.29) is 5.82 Å². The maximum Gasteiger partial charge on any atom is 0.225 e. The second kappa shape index (κ2) is 9.76. The number of aromatic nitrogens is 1. The van der Waals surface area contributed by atoms with Crippen LogP contribution in [0.4, 0.5) is 10.1 Å². The number of hydrogen-bond donors (Lipinski definition) is 1. The van der Waals surface area contributed by atoms with Crippen LogP contribution in [-0.4, -0.2) is 12.0 Å². The van der Waals surface area contributed by atoms with Gasteiger partial charge in [0.25, 0.3) is 0 Å². The minimum atomic E-state index is -0.335. The molecule has 31 heavy (non-hydrogen) atoms. The van der Waals surface area contributed by atoms with Crippen molar-refractivity contribution in [1.82, 2.24) is 4.98 Å². The van der Waals surface area contributed by atoms with Crippen molar-refractivity contribution < 1.29 is 13.9 Å². The van der Waals surface area contributed by atoms with E-state index in [1.807, 2.05) is 72.8 Å². The molecule has 4 rings (SSSR count). The maximum absolute atomic E-state index is 14.4. The molecular formula is C26H23FN2O2. The third-order valence-electron chi connectivity index (χ3n) is 4.83. The van der Waals surface area contributed by atoms with Crippen LogP contribution in [0.3, 0.4) is 0 Å². The molecule has 4 nitrogen and oxygen atoms in total. The second-order valence-corrected chi connectivity index (χ2v) is 7.00. The summed E-state index contributed by atoms with van der Waals surface area (Å²) in [6.07, 6.45) is 0. The first-order valence-corrected chi connectivity index (χ1v) is 10.0. The topological polar surface area (TPSA) is 43.4 Å². The molecule has 0 amide bonds. The molecule has 156 valence electrons. The zero-order valence-corrected chi connectivity index (χ0v) is 17.2. The molecule has 0 fully saturated rings. The molecule has 0 atom stereocenters. The molecule has 3 aromatic carbocycles. The first-order valence-electron chi connectivity index (χ1n) is 10.0. The van der Waals surface area contributed by atoms with Gasteiger partial charge in [0.15, 0.2) is 0 Å². The molecule has 0 spiro atoms. The molecule has 0 radical (unpaired) electrons. The lowest BCUT2D eigenvalue weighted by atomic mass is 10.1. The van der Waals surface area contributed by atoms with E-state index >= 15 is 0 Å². The van der Waals surface area contributed by atoms with Crippen LogP contribution in [0.25, 0.3) is 11.1 Å². The van der Waals surface area contributed by atoms with Crippen molar-refractivity contribution in [2.45, 2.75) is 13.2 Å². The maximum atomic E-state index is 14.4. The normalized spacial score (nSPS) is 10.5. The highest BCUT2D eigenvalue weighted by atomic mass is 19.1. The van der Waals surface area contributed by atoms with E-state index in [1.54, 1.807) is 19.2 Å². The Kier molecular flexibility index (Phi) is 6.43. The Morgan fingerprint density at radius 2 is 1.42 bits per heavy atom. The summed E-state index contributed by atoms with van der Waals surface area (Å²) >= 11 is 0. The lowest BCUT2D eigenvalue weighted by molar-refractivity contribution is 0.268. The van der Waals surface area contributed by atoms with Gasteiger partial charge in [-0.2, -0.15) is 4.98 Å². The van der Waals surface area contributed by atoms with Gasteiger partial charge >= 0.3 is 0 Å². The number of pyridine rings is 1. The van der Waals surface area contributed by atoms with Crippen molar-refractivity contribution in [3.63, 3.8) is 0 Å². The van der Waals surface area contributed by atoms with Crippen LogP contribution in [0.2, 0.25) is 0 Å². The highest BCUT2D eigenvalue weighted by molar-refractivity contribution is 5.71. The molecule has 0 saturated carbocycles. The van der Waals surface area contributed by atoms with Crippen LogP contribution in [-0.2, 0) is 13.2 Å². The largest absolute Gasteiger partial charge is 0.473 e. The Bertz CT molecular complexity index is 1130. The smallest absolute Gasteiger partial charge is 0.225 e. The van der Waals surface area contributed by atoms with Crippen LogP contribution < -0.4 is 14.8 Å². The summed E-state index contributed by atoms with van der Waals surface area (Å²) in [5, 5.41) is 2.83. The van der Waals surface area contributed by atoms with E-state index in [9.17, 15) is 4.39 Å². The van der Waals surface area contributed by atoms with Crippen molar-refractivity contribution >= 4 is 5.69 Å². The quantitative estimate of drug-likeness (QED) is 0.379. The van der Waals surface area contributed by atoms with Gasteiger partial charge in [-0.1, -0.05) is 66.7 Å². The van der Waals surface area contributed by atoms with Crippen molar-refractivity contribution in [2.24, 2.45) is 0 Å². The summed E-state index contributed by atoms with van der Waals surface area (Å²) in [7, 11) is 1.69. The van der Waals surface area contributed by atoms with E-state index in [4.69, 9.17) is 9.47 Å². The number of nitrogens with one attached hydrogen (secondary N) is 1. The Balaban J connectivity index is 1.61. The lowest BCUT2D eigenvalue weighted by Gasteiger charge is -2.14. The predicted molar refractivity (Wildman–Crippen MR) is 121 cm³/mol. The summed E-state index contributed by atoms with van der Waals surface area (Å²) in [6.45, 7) is 0.747. The molecule has 1 aromatic heterocycles. The standard InChI is InChI=1S/C26H23FN2O2/c1-28-24-14-12-21(16-23(24)27)22-13-15-25(30-17-19-8-4-2-5-9-19)29-26(22)31-18-20-10-6-3-7-11-20/h2-16,28H,17-18H2,1H3. The van der Waals surface area contributed by atoms with Gasteiger partial charge in [0.05, 0.1) is 5.69 Å². The summed E-state index contributed by atoms with van der Waals surface area (Å²) < 4.78 is 26.3. The molecule has 4 aromatic rings. The molecule has 1 heterocycles. The Morgan fingerprint density at radius 3 is 2.03 bits per heavy atom. The first-order chi connectivity index (χ1) is 15.2. The van der Waals surface area contributed by atoms with Gasteiger partial charge < -0.3 is 14.8 Å². The van der Waals surface area contributed by atoms with Crippen molar-refractivity contribution in [2.75, 3.05) is 12.4 Å². The molecule has 0 aliphatic heterocycles. The molecule has 5 heteroatoms. The van der Waals surface area contributed by atoms with E-state index < -0.39 is 0 Å². The predicted octanol–water partition coefficient (Wildman–Crippen LogP) is 6.09. The van der Waals surface area contributed by atoms with Gasteiger partial charge in [-0.15, -0.1) is 0 Å². The monoisotopic (exact) mass is 414 g/mol. The molecule has 1 N–H and O–H groups in total. The Morgan fingerprint density at radius 1 is 0.774 bits per heavy atom. The average molecular weight is 414 g/mol. The van der Waals surface area contributed by atoms with Gasteiger partial charge in [-0.05, 0) is 34.9 Å². The van der Waals surface area contributed by atoms with Crippen LogP contribution >= 0.6 is 0 Å². The number of halogens is 1. The number of anilines is 1.